The highest BCUT2D eigenvalue weighted by Gasteiger charge is 2.27. The van der Waals surface area contributed by atoms with Gasteiger partial charge in [0.05, 0.1) is 39.9 Å². The Morgan fingerprint density at radius 3 is 2.15 bits per heavy atom. The fourth-order valence-corrected chi connectivity index (χ4v) is 4.01. The van der Waals surface area contributed by atoms with Gasteiger partial charge in [0.2, 0.25) is 5.91 Å². The molecule has 0 aromatic carbocycles. The number of nitrogens with zero attached hydrogens (tertiary/aromatic N) is 1. The van der Waals surface area contributed by atoms with Gasteiger partial charge in [-0.3, -0.25) is 13.8 Å². The van der Waals surface area contributed by atoms with Crippen LogP contribution in [0.1, 0.15) is 90.9 Å². The van der Waals surface area contributed by atoms with Gasteiger partial charge < -0.3 is 19.8 Å². The minimum absolute atomic E-state index is 0.0621. The number of aliphatic hydroxyl groups excluding tert-OH is 1. The van der Waals surface area contributed by atoms with E-state index in [0.29, 0.717) is 17.4 Å². The molecule has 0 bridgehead atoms. The molecule has 3 N–H and O–H groups in total. The van der Waals surface area contributed by atoms with Crippen LogP contribution in [0.2, 0.25) is 0 Å². The molecular formula is C25H52N2O6P+. The number of aliphatic hydroxyl groups is 1. The summed E-state index contributed by atoms with van der Waals surface area (Å²) in [6.07, 6.45) is 14.7. The number of phosphoric ester groups is 1. The van der Waals surface area contributed by atoms with Crippen LogP contribution in [0.4, 0.5) is 0 Å². The van der Waals surface area contributed by atoms with E-state index < -0.39 is 20.0 Å². The molecule has 0 aromatic rings. The van der Waals surface area contributed by atoms with Gasteiger partial charge in [-0.1, -0.05) is 77.4 Å². The standard InChI is InChI=1S/C25H51N2O6P/c1-6-8-10-12-13-15-16-18-24(28)23(26-25(29)19-17-14-11-9-7-2)22-33-34(30,31)32-21-20-27(3,4)5/h16,18,23-24,28H,6-15,17,19-22H2,1-5H3,(H-,26,29,30,31)/p+1/b18-16+. The number of allylic oxidation sites excluding steroid dienone is 1. The van der Waals surface area contributed by atoms with Crippen molar-refractivity contribution in [1.82, 2.24) is 5.32 Å². The Morgan fingerprint density at radius 1 is 0.971 bits per heavy atom. The van der Waals surface area contributed by atoms with Gasteiger partial charge >= 0.3 is 7.82 Å². The molecule has 1 amide bonds. The average Bonchev–Trinajstić information content (AvgIpc) is 2.74. The summed E-state index contributed by atoms with van der Waals surface area (Å²) in [5.41, 5.74) is 0. The van der Waals surface area contributed by atoms with Crippen LogP contribution in [-0.4, -0.2) is 73.4 Å². The van der Waals surface area contributed by atoms with Crippen LogP contribution in [0.3, 0.4) is 0 Å². The molecule has 0 aliphatic carbocycles. The number of carbonyl (C=O) groups is 1. The SMILES string of the molecule is CCCCCCC/C=C/C(O)C(COP(=O)(O)OCC[N+](C)(C)C)NC(=O)CCCCCCC. The molecule has 3 atom stereocenters. The summed E-state index contributed by atoms with van der Waals surface area (Å²) in [5.74, 6) is -0.198. The first-order valence-corrected chi connectivity index (χ1v) is 14.6. The van der Waals surface area contributed by atoms with E-state index in [1.165, 1.54) is 19.3 Å². The van der Waals surface area contributed by atoms with Crippen molar-refractivity contribution >= 4 is 13.7 Å². The van der Waals surface area contributed by atoms with E-state index in [1.807, 2.05) is 27.2 Å². The maximum absolute atomic E-state index is 12.4. The highest BCUT2D eigenvalue weighted by Crippen LogP contribution is 2.43. The first-order chi connectivity index (χ1) is 16.0. The second-order valence-electron chi connectivity index (χ2n) is 10.1. The summed E-state index contributed by atoms with van der Waals surface area (Å²) in [5, 5.41) is 13.4. The third-order valence-electron chi connectivity index (χ3n) is 5.51. The normalized spacial score (nSPS) is 15.9. The Balaban J connectivity index is 4.78. The van der Waals surface area contributed by atoms with Crippen molar-refractivity contribution in [3.63, 3.8) is 0 Å². The van der Waals surface area contributed by atoms with E-state index in [4.69, 9.17) is 9.05 Å². The zero-order valence-electron chi connectivity index (χ0n) is 22.3. The fourth-order valence-electron chi connectivity index (χ4n) is 3.27. The summed E-state index contributed by atoms with van der Waals surface area (Å²) >= 11 is 0. The van der Waals surface area contributed by atoms with Crippen molar-refractivity contribution in [2.45, 2.75) is 103 Å². The van der Waals surface area contributed by atoms with Crippen molar-refractivity contribution < 1.29 is 32.9 Å². The van der Waals surface area contributed by atoms with E-state index in [2.05, 4.69) is 19.2 Å². The van der Waals surface area contributed by atoms with Gasteiger partial charge in [0.25, 0.3) is 0 Å². The first-order valence-electron chi connectivity index (χ1n) is 13.1. The Hall–Kier alpha value is -0.760. The largest absolute Gasteiger partial charge is 0.472 e. The molecule has 0 spiro atoms. The van der Waals surface area contributed by atoms with Gasteiger partial charge in [-0.05, 0) is 19.3 Å². The van der Waals surface area contributed by atoms with E-state index in [-0.39, 0.29) is 19.1 Å². The summed E-state index contributed by atoms with van der Waals surface area (Å²) in [4.78, 5) is 22.4. The molecule has 0 aromatic heterocycles. The Morgan fingerprint density at radius 2 is 1.56 bits per heavy atom. The number of rotatable bonds is 22. The molecule has 0 radical (unpaired) electrons. The molecule has 9 heteroatoms. The fraction of sp³-hybridized carbons (Fsp3) is 0.880. The minimum Gasteiger partial charge on any atom is -0.387 e. The van der Waals surface area contributed by atoms with Gasteiger partial charge in [-0.2, -0.15) is 0 Å². The van der Waals surface area contributed by atoms with Crippen LogP contribution in [0.25, 0.3) is 0 Å². The van der Waals surface area contributed by atoms with Gasteiger partial charge in [0.15, 0.2) is 0 Å². The van der Waals surface area contributed by atoms with Crippen LogP contribution in [-0.2, 0) is 18.4 Å². The monoisotopic (exact) mass is 507 g/mol. The van der Waals surface area contributed by atoms with E-state index in [0.717, 1.165) is 51.4 Å². The summed E-state index contributed by atoms with van der Waals surface area (Å²) in [6.45, 7) is 4.60. The number of phosphoric acid groups is 1. The predicted octanol–water partition coefficient (Wildman–Crippen LogP) is 4.95. The van der Waals surface area contributed by atoms with Gasteiger partial charge in [0.1, 0.15) is 13.2 Å². The van der Waals surface area contributed by atoms with E-state index in [9.17, 15) is 19.4 Å². The van der Waals surface area contributed by atoms with Gasteiger partial charge in [0, 0.05) is 6.42 Å². The van der Waals surface area contributed by atoms with Gasteiger partial charge in [-0.25, -0.2) is 4.57 Å². The molecule has 0 rings (SSSR count). The lowest BCUT2D eigenvalue weighted by atomic mass is 10.1. The number of nitrogens with one attached hydrogen (secondary N) is 1. The molecule has 0 fully saturated rings. The lowest BCUT2D eigenvalue weighted by molar-refractivity contribution is -0.870. The van der Waals surface area contributed by atoms with E-state index in [1.54, 1.807) is 6.08 Å². The molecular weight excluding hydrogens is 455 g/mol. The van der Waals surface area contributed by atoms with Crippen molar-refractivity contribution in [3.8, 4) is 0 Å². The molecule has 3 unspecified atom stereocenters. The zero-order chi connectivity index (χ0) is 25.9. The van der Waals surface area contributed by atoms with Crippen LogP contribution in [0.5, 0.6) is 0 Å². The molecule has 34 heavy (non-hydrogen) atoms. The van der Waals surface area contributed by atoms with Crippen molar-refractivity contribution in [2.75, 3.05) is 40.9 Å². The molecule has 0 aliphatic rings. The molecule has 0 saturated carbocycles. The molecule has 0 saturated heterocycles. The smallest absolute Gasteiger partial charge is 0.387 e. The third kappa shape index (κ3) is 20.6. The summed E-state index contributed by atoms with van der Waals surface area (Å²) in [6, 6.07) is -0.832. The highest BCUT2D eigenvalue weighted by molar-refractivity contribution is 7.47. The lowest BCUT2D eigenvalue weighted by Crippen LogP contribution is -2.45. The lowest BCUT2D eigenvalue weighted by Gasteiger charge is -2.25. The number of unbranched alkanes of at least 4 members (excludes halogenated alkanes) is 9. The number of hydrogen-bond donors (Lipinski definition) is 3. The first kappa shape index (κ1) is 33.2. The number of likely N-dealkylation sites (N-methyl/N-ethyl adjacent to an activating group) is 1. The highest BCUT2D eigenvalue weighted by atomic mass is 31.2. The predicted molar refractivity (Wildman–Crippen MR) is 138 cm³/mol. The van der Waals surface area contributed by atoms with Crippen LogP contribution in [0, 0.1) is 0 Å². The quantitative estimate of drug-likeness (QED) is 0.0829. The number of hydrogen-bond acceptors (Lipinski definition) is 5. The summed E-state index contributed by atoms with van der Waals surface area (Å²) in [7, 11) is 1.56. The zero-order valence-corrected chi connectivity index (χ0v) is 23.2. The van der Waals surface area contributed by atoms with Gasteiger partial charge in [-0.15, -0.1) is 0 Å². The average molecular weight is 508 g/mol. The molecule has 0 heterocycles. The Kier molecular flexibility index (Phi) is 19.0. The molecule has 8 nitrogen and oxygen atoms in total. The molecule has 202 valence electrons. The number of quaternary nitrogens is 1. The van der Waals surface area contributed by atoms with E-state index >= 15 is 0 Å². The second kappa shape index (κ2) is 19.4. The second-order valence-corrected chi connectivity index (χ2v) is 11.5. The maximum Gasteiger partial charge on any atom is 0.472 e. The van der Waals surface area contributed by atoms with Crippen molar-refractivity contribution in [3.05, 3.63) is 12.2 Å². The molecule has 0 aliphatic heterocycles. The van der Waals surface area contributed by atoms with Crippen LogP contribution >= 0.6 is 7.82 Å². The van der Waals surface area contributed by atoms with Crippen LogP contribution in [0.15, 0.2) is 12.2 Å². The topological polar surface area (TPSA) is 105 Å². The third-order valence-corrected chi connectivity index (χ3v) is 6.49. The number of carbonyl (C=O) groups excluding carboxylic acids is 1. The Bertz CT molecular complexity index is 594. The Labute approximate surface area is 208 Å². The van der Waals surface area contributed by atoms with Crippen LogP contribution < -0.4 is 5.32 Å². The number of amides is 1. The maximum atomic E-state index is 12.4. The van der Waals surface area contributed by atoms with Crippen molar-refractivity contribution in [2.24, 2.45) is 0 Å². The minimum atomic E-state index is -4.29. The summed E-state index contributed by atoms with van der Waals surface area (Å²) < 4.78 is 23.0. The van der Waals surface area contributed by atoms with Crippen molar-refractivity contribution in [1.29, 1.82) is 0 Å².